The Morgan fingerprint density at radius 3 is 2.40 bits per heavy atom. The van der Waals surface area contributed by atoms with Gasteiger partial charge in [0.2, 0.25) is 0 Å². The van der Waals surface area contributed by atoms with E-state index >= 15 is 0 Å². The van der Waals surface area contributed by atoms with Crippen molar-refractivity contribution in [1.29, 1.82) is 0 Å². The van der Waals surface area contributed by atoms with Gasteiger partial charge in [-0.1, -0.05) is 13.8 Å². The Hall–Kier alpha value is -0.880. The maximum absolute atomic E-state index is 12.2. The molecule has 1 aromatic heterocycles. The summed E-state index contributed by atoms with van der Waals surface area (Å²) in [5.41, 5.74) is 6.82. The fraction of sp³-hybridized carbons (Fsp3) is 0.643. The highest BCUT2D eigenvalue weighted by Crippen LogP contribution is 2.44. The third-order valence-corrected chi connectivity index (χ3v) is 5.15. The van der Waals surface area contributed by atoms with Gasteiger partial charge in [-0.2, -0.15) is 0 Å². The number of thiophene rings is 1. The minimum absolute atomic E-state index is 0.0188. The predicted octanol–water partition coefficient (Wildman–Crippen LogP) is 3.24. The molecule has 0 unspecified atom stereocenters. The highest BCUT2D eigenvalue weighted by molar-refractivity contribution is 7.99. The van der Waals surface area contributed by atoms with Gasteiger partial charge in [0.05, 0.1) is 10.6 Å². The monoisotopic (exact) mass is 315 g/mol. The first-order valence-electron chi connectivity index (χ1n) is 6.76. The number of thioether (sulfide) groups is 1. The number of hydrogen-bond acceptors (Lipinski definition) is 5. The predicted molar refractivity (Wildman–Crippen MR) is 91.3 cm³/mol. The molecular weight excluding hydrogens is 290 g/mol. The van der Waals surface area contributed by atoms with Crippen LogP contribution in [-0.2, 0) is 0 Å². The first kappa shape index (κ1) is 17.2. The van der Waals surface area contributed by atoms with Crippen molar-refractivity contribution >= 4 is 39.7 Å². The van der Waals surface area contributed by atoms with Crippen molar-refractivity contribution in [1.82, 2.24) is 4.90 Å². The van der Waals surface area contributed by atoms with E-state index in [9.17, 15) is 4.79 Å². The molecule has 6 heteroatoms. The van der Waals surface area contributed by atoms with Crippen molar-refractivity contribution in [3.8, 4) is 0 Å². The second-order valence-corrected chi connectivity index (χ2v) is 7.13. The summed E-state index contributed by atoms with van der Waals surface area (Å²) in [5, 5.41) is 1.12. The minimum atomic E-state index is -0.0188. The van der Waals surface area contributed by atoms with Gasteiger partial charge in [0, 0.05) is 27.2 Å². The first-order chi connectivity index (χ1) is 9.33. The van der Waals surface area contributed by atoms with E-state index in [0.717, 1.165) is 23.0 Å². The lowest BCUT2D eigenvalue weighted by Gasteiger charge is -2.24. The van der Waals surface area contributed by atoms with Gasteiger partial charge in [0.15, 0.2) is 0 Å². The zero-order valence-corrected chi connectivity index (χ0v) is 14.8. The normalized spacial score (nSPS) is 10.9. The van der Waals surface area contributed by atoms with Crippen LogP contribution in [-0.4, -0.2) is 44.2 Å². The number of anilines is 2. The summed E-state index contributed by atoms with van der Waals surface area (Å²) in [6.45, 7) is 8.42. The number of rotatable bonds is 6. The molecule has 0 aliphatic carbocycles. The third-order valence-electron chi connectivity index (χ3n) is 2.94. The van der Waals surface area contributed by atoms with Crippen LogP contribution >= 0.6 is 23.1 Å². The van der Waals surface area contributed by atoms with E-state index in [-0.39, 0.29) is 5.91 Å². The van der Waals surface area contributed by atoms with Crippen LogP contribution in [0.2, 0.25) is 0 Å². The van der Waals surface area contributed by atoms with E-state index in [0.29, 0.717) is 16.5 Å². The average Bonchev–Trinajstić information content (AvgIpc) is 2.71. The maximum Gasteiger partial charge on any atom is 0.265 e. The molecule has 4 nitrogen and oxygen atoms in total. The Balaban J connectivity index is 3.25. The number of hydrogen-bond donors (Lipinski definition) is 1. The molecule has 20 heavy (non-hydrogen) atoms. The summed E-state index contributed by atoms with van der Waals surface area (Å²) in [4.78, 5) is 17.8. The molecule has 1 aromatic rings. The molecule has 0 saturated carbocycles. The van der Waals surface area contributed by atoms with Crippen molar-refractivity contribution in [2.24, 2.45) is 5.92 Å². The lowest BCUT2D eigenvalue weighted by atomic mass is 10.2. The van der Waals surface area contributed by atoms with E-state index in [4.69, 9.17) is 5.73 Å². The Bertz CT molecular complexity index is 469. The average molecular weight is 316 g/mol. The quantitative estimate of drug-likeness (QED) is 0.819. The van der Waals surface area contributed by atoms with Gasteiger partial charge in [-0.3, -0.25) is 4.79 Å². The Morgan fingerprint density at radius 1 is 1.40 bits per heavy atom. The van der Waals surface area contributed by atoms with Crippen LogP contribution in [0.5, 0.6) is 0 Å². The molecule has 114 valence electrons. The number of nitrogen functional groups attached to an aromatic ring is 1. The van der Waals surface area contributed by atoms with E-state index < -0.39 is 0 Å². The van der Waals surface area contributed by atoms with Crippen LogP contribution in [0.25, 0.3) is 0 Å². The van der Waals surface area contributed by atoms with Crippen LogP contribution in [0.3, 0.4) is 0 Å². The second-order valence-electron chi connectivity index (χ2n) is 5.32. The summed E-state index contributed by atoms with van der Waals surface area (Å²) >= 11 is 3.13. The van der Waals surface area contributed by atoms with Gasteiger partial charge in [0.1, 0.15) is 9.88 Å². The second kappa shape index (κ2) is 7.22. The van der Waals surface area contributed by atoms with Crippen molar-refractivity contribution in [3.63, 3.8) is 0 Å². The summed E-state index contributed by atoms with van der Waals surface area (Å²) in [6, 6.07) is 0. The number of carbonyl (C=O) groups excluding carboxylic acids is 1. The summed E-state index contributed by atoms with van der Waals surface area (Å²) < 4.78 is 0. The van der Waals surface area contributed by atoms with Crippen molar-refractivity contribution in [2.75, 3.05) is 44.1 Å². The van der Waals surface area contributed by atoms with E-state index in [1.165, 1.54) is 11.3 Å². The maximum atomic E-state index is 12.2. The molecule has 0 spiro atoms. The zero-order valence-electron chi connectivity index (χ0n) is 13.2. The van der Waals surface area contributed by atoms with Gasteiger partial charge < -0.3 is 15.5 Å². The SMILES string of the molecule is CCN(CC(C)C)c1sc(C(=O)N(C)C)c(N)c1SC. The Morgan fingerprint density at radius 2 is 2.00 bits per heavy atom. The molecular formula is C14H25N3OS2. The van der Waals surface area contributed by atoms with Crippen LogP contribution < -0.4 is 10.6 Å². The molecule has 1 rings (SSSR count). The lowest BCUT2D eigenvalue weighted by molar-refractivity contribution is 0.0833. The Kier molecular flexibility index (Phi) is 6.20. The largest absolute Gasteiger partial charge is 0.396 e. The molecule has 0 fully saturated rings. The minimum Gasteiger partial charge on any atom is -0.396 e. The molecule has 0 aliphatic rings. The van der Waals surface area contributed by atoms with Gasteiger partial charge in [0.25, 0.3) is 5.91 Å². The molecule has 0 aliphatic heterocycles. The molecule has 0 saturated heterocycles. The zero-order chi connectivity index (χ0) is 15.4. The molecule has 0 aromatic carbocycles. The fourth-order valence-corrected chi connectivity index (χ4v) is 4.26. The molecule has 0 bridgehead atoms. The van der Waals surface area contributed by atoms with Gasteiger partial charge >= 0.3 is 0 Å². The molecule has 0 atom stereocenters. The van der Waals surface area contributed by atoms with Gasteiger partial charge in [-0.05, 0) is 19.1 Å². The molecule has 1 heterocycles. The standard InChI is InChI=1S/C14H25N3OS2/c1-7-17(8-9(2)3)14-12(19-6)10(15)11(20-14)13(18)16(4)5/h9H,7-8,15H2,1-6H3. The molecule has 2 N–H and O–H groups in total. The van der Waals surface area contributed by atoms with E-state index in [2.05, 4.69) is 25.7 Å². The van der Waals surface area contributed by atoms with Crippen molar-refractivity contribution in [3.05, 3.63) is 4.88 Å². The number of nitrogens with zero attached hydrogens (tertiary/aromatic N) is 2. The highest BCUT2D eigenvalue weighted by atomic mass is 32.2. The topological polar surface area (TPSA) is 49.6 Å². The van der Waals surface area contributed by atoms with Crippen LogP contribution in [0.1, 0.15) is 30.4 Å². The third kappa shape index (κ3) is 3.61. The van der Waals surface area contributed by atoms with Crippen molar-refractivity contribution in [2.45, 2.75) is 25.7 Å². The lowest BCUT2D eigenvalue weighted by Crippen LogP contribution is -2.26. The number of amides is 1. The van der Waals surface area contributed by atoms with Gasteiger partial charge in [-0.15, -0.1) is 23.1 Å². The molecule has 1 amide bonds. The van der Waals surface area contributed by atoms with Gasteiger partial charge in [-0.25, -0.2) is 0 Å². The fourth-order valence-electron chi connectivity index (χ4n) is 1.98. The summed E-state index contributed by atoms with van der Waals surface area (Å²) in [7, 11) is 3.51. The smallest absolute Gasteiger partial charge is 0.265 e. The van der Waals surface area contributed by atoms with Crippen LogP contribution in [0.15, 0.2) is 4.90 Å². The molecule has 0 radical (unpaired) electrons. The van der Waals surface area contributed by atoms with E-state index in [1.807, 2.05) is 6.26 Å². The number of nitrogens with two attached hydrogens (primary N) is 1. The number of carbonyl (C=O) groups is 1. The first-order valence-corrected chi connectivity index (χ1v) is 8.80. The summed E-state index contributed by atoms with van der Waals surface area (Å²) in [6.07, 6.45) is 2.01. The highest BCUT2D eigenvalue weighted by Gasteiger charge is 2.24. The Labute approximate surface area is 130 Å². The summed E-state index contributed by atoms with van der Waals surface area (Å²) in [5.74, 6) is 0.552. The van der Waals surface area contributed by atoms with Crippen molar-refractivity contribution < 1.29 is 4.79 Å². The van der Waals surface area contributed by atoms with Crippen LogP contribution in [0, 0.1) is 5.92 Å². The van der Waals surface area contributed by atoms with Crippen LogP contribution in [0.4, 0.5) is 10.7 Å². The van der Waals surface area contributed by atoms with E-state index in [1.54, 1.807) is 30.8 Å².